The zero-order valence-corrected chi connectivity index (χ0v) is 10.2. The molecular weight excluding hydrogens is 208 g/mol. The van der Waals surface area contributed by atoms with Gasteiger partial charge in [0.2, 0.25) is 0 Å². The largest absolute Gasteiger partial charge is 0.497 e. The van der Waals surface area contributed by atoms with E-state index in [0.29, 0.717) is 0 Å². The van der Waals surface area contributed by atoms with Crippen LogP contribution in [0.25, 0.3) is 17.2 Å². The van der Waals surface area contributed by atoms with Crippen LogP contribution in [-0.4, -0.2) is 7.11 Å². The predicted octanol–water partition coefficient (Wildman–Crippen LogP) is 4.31. The van der Waals surface area contributed by atoms with Crippen molar-refractivity contribution < 1.29 is 4.74 Å². The Balaban J connectivity index is 2.47. The molecule has 0 bridgehead atoms. The summed E-state index contributed by atoms with van der Waals surface area (Å²) in [6, 6.07) is 14.5. The molecule has 86 valence electrons. The highest BCUT2D eigenvalue weighted by atomic mass is 16.5. The molecular formula is C16H16O. The first-order valence-electron chi connectivity index (χ1n) is 5.62. The molecule has 0 amide bonds. The Morgan fingerprint density at radius 1 is 1.06 bits per heavy atom. The van der Waals surface area contributed by atoms with E-state index >= 15 is 0 Å². The lowest BCUT2D eigenvalue weighted by atomic mass is 9.98. The van der Waals surface area contributed by atoms with Crippen molar-refractivity contribution in [3.8, 4) is 16.9 Å². The number of ether oxygens (including phenoxy) is 1. The molecule has 0 spiro atoms. The summed E-state index contributed by atoms with van der Waals surface area (Å²) >= 11 is 0. The van der Waals surface area contributed by atoms with E-state index in [-0.39, 0.29) is 0 Å². The summed E-state index contributed by atoms with van der Waals surface area (Å²) in [6.07, 6.45) is 1.87. The number of hydrogen-bond donors (Lipinski definition) is 0. The van der Waals surface area contributed by atoms with Gasteiger partial charge in [0.05, 0.1) is 7.11 Å². The topological polar surface area (TPSA) is 9.23 Å². The van der Waals surface area contributed by atoms with Crippen LogP contribution in [0, 0.1) is 6.92 Å². The lowest BCUT2D eigenvalue weighted by Crippen LogP contribution is -1.86. The first-order valence-corrected chi connectivity index (χ1v) is 5.62. The Kier molecular flexibility index (Phi) is 3.29. The van der Waals surface area contributed by atoms with Gasteiger partial charge in [0.25, 0.3) is 0 Å². The quantitative estimate of drug-likeness (QED) is 0.754. The molecule has 0 aliphatic rings. The second kappa shape index (κ2) is 4.88. The van der Waals surface area contributed by atoms with Gasteiger partial charge in [-0.3, -0.25) is 0 Å². The van der Waals surface area contributed by atoms with Crippen molar-refractivity contribution in [2.45, 2.75) is 6.92 Å². The van der Waals surface area contributed by atoms with Gasteiger partial charge in [-0.25, -0.2) is 0 Å². The summed E-state index contributed by atoms with van der Waals surface area (Å²) in [6.45, 7) is 5.92. The van der Waals surface area contributed by atoms with E-state index in [1.807, 2.05) is 18.2 Å². The maximum absolute atomic E-state index is 5.16. The Morgan fingerprint density at radius 3 is 2.35 bits per heavy atom. The third-order valence-corrected chi connectivity index (χ3v) is 2.90. The molecule has 0 N–H and O–H groups in total. The maximum atomic E-state index is 5.16. The molecule has 0 saturated carbocycles. The van der Waals surface area contributed by atoms with Gasteiger partial charge in [-0.1, -0.05) is 36.9 Å². The highest BCUT2D eigenvalue weighted by molar-refractivity contribution is 5.70. The lowest BCUT2D eigenvalue weighted by molar-refractivity contribution is 0.415. The first-order chi connectivity index (χ1) is 8.24. The molecule has 0 unspecified atom stereocenters. The summed E-state index contributed by atoms with van der Waals surface area (Å²) in [7, 11) is 1.68. The molecule has 0 aliphatic carbocycles. The first kappa shape index (κ1) is 11.5. The van der Waals surface area contributed by atoms with Crippen molar-refractivity contribution >= 4 is 6.08 Å². The smallest absolute Gasteiger partial charge is 0.118 e. The molecule has 0 radical (unpaired) electrons. The van der Waals surface area contributed by atoms with E-state index in [2.05, 4.69) is 43.8 Å². The third kappa shape index (κ3) is 2.39. The minimum absolute atomic E-state index is 0.881. The van der Waals surface area contributed by atoms with Gasteiger partial charge in [0.1, 0.15) is 5.75 Å². The fourth-order valence-electron chi connectivity index (χ4n) is 1.85. The van der Waals surface area contributed by atoms with Crippen molar-refractivity contribution in [3.05, 3.63) is 60.2 Å². The number of hydrogen-bond acceptors (Lipinski definition) is 1. The second-order valence-corrected chi connectivity index (χ2v) is 4.01. The Bertz CT molecular complexity index is 524. The van der Waals surface area contributed by atoms with Crippen LogP contribution in [0.15, 0.2) is 49.0 Å². The molecule has 0 saturated heterocycles. The summed E-state index contributed by atoms with van der Waals surface area (Å²) < 4.78 is 5.16. The number of methoxy groups -OCH3 is 1. The zero-order valence-electron chi connectivity index (χ0n) is 10.2. The highest BCUT2D eigenvalue weighted by Crippen LogP contribution is 2.26. The predicted molar refractivity (Wildman–Crippen MR) is 73.3 cm³/mol. The van der Waals surface area contributed by atoms with E-state index in [1.54, 1.807) is 7.11 Å². The van der Waals surface area contributed by atoms with Crippen LogP contribution in [0.5, 0.6) is 5.75 Å². The summed E-state index contributed by atoms with van der Waals surface area (Å²) in [5, 5.41) is 0. The summed E-state index contributed by atoms with van der Waals surface area (Å²) in [4.78, 5) is 0. The SMILES string of the molecule is C=Cc1ccc(C)c(-c2ccc(OC)cc2)c1. The normalized spacial score (nSPS) is 10.0. The van der Waals surface area contributed by atoms with Gasteiger partial charge < -0.3 is 4.74 Å². The molecule has 0 atom stereocenters. The van der Waals surface area contributed by atoms with Crippen LogP contribution in [0.3, 0.4) is 0 Å². The molecule has 2 aromatic carbocycles. The van der Waals surface area contributed by atoms with Gasteiger partial charge in [-0.2, -0.15) is 0 Å². The van der Waals surface area contributed by atoms with Crippen molar-refractivity contribution in [1.29, 1.82) is 0 Å². The van der Waals surface area contributed by atoms with Gasteiger partial charge in [-0.15, -0.1) is 0 Å². The average molecular weight is 224 g/mol. The molecule has 2 rings (SSSR count). The van der Waals surface area contributed by atoms with E-state index in [4.69, 9.17) is 4.74 Å². The summed E-state index contributed by atoms with van der Waals surface area (Å²) in [5.41, 5.74) is 4.85. The fourth-order valence-corrected chi connectivity index (χ4v) is 1.85. The average Bonchev–Trinajstić information content (AvgIpc) is 2.39. The van der Waals surface area contributed by atoms with Crippen molar-refractivity contribution in [3.63, 3.8) is 0 Å². The molecule has 0 aliphatic heterocycles. The van der Waals surface area contributed by atoms with Crippen LogP contribution >= 0.6 is 0 Å². The molecule has 0 heterocycles. The summed E-state index contributed by atoms with van der Waals surface area (Å²) in [5.74, 6) is 0.881. The van der Waals surface area contributed by atoms with Crippen LogP contribution in [-0.2, 0) is 0 Å². The van der Waals surface area contributed by atoms with E-state index in [1.165, 1.54) is 16.7 Å². The molecule has 17 heavy (non-hydrogen) atoms. The van der Waals surface area contributed by atoms with Gasteiger partial charge in [-0.05, 0) is 47.4 Å². The van der Waals surface area contributed by atoms with E-state index < -0.39 is 0 Å². The minimum atomic E-state index is 0.881. The molecule has 1 heteroatoms. The highest BCUT2D eigenvalue weighted by Gasteiger charge is 2.02. The van der Waals surface area contributed by atoms with E-state index in [0.717, 1.165) is 11.3 Å². The van der Waals surface area contributed by atoms with Gasteiger partial charge >= 0.3 is 0 Å². The third-order valence-electron chi connectivity index (χ3n) is 2.90. The number of benzene rings is 2. The van der Waals surface area contributed by atoms with Crippen LogP contribution in [0.1, 0.15) is 11.1 Å². The minimum Gasteiger partial charge on any atom is -0.497 e. The van der Waals surface area contributed by atoms with Crippen molar-refractivity contribution in [1.82, 2.24) is 0 Å². The van der Waals surface area contributed by atoms with Crippen LogP contribution in [0.2, 0.25) is 0 Å². The number of aryl methyl sites for hydroxylation is 1. The standard InChI is InChI=1S/C16H16O/c1-4-13-6-5-12(2)16(11-13)14-7-9-15(17-3)10-8-14/h4-11H,1H2,2-3H3. The molecule has 2 aromatic rings. The Labute approximate surface area is 102 Å². The van der Waals surface area contributed by atoms with Gasteiger partial charge in [0.15, 0.2) is 0 Å². The number of rotatable bonds is 3. The fraction of sp³-hybridized carbons (Fsp3) is 0.125. The monoisotopic (exact) mass is 224 g/mol. The van der Waals surface area contributed by atoms with E-state index in [9.17, 15) is 0 Å². The maximum Gasteiger partial charge on any atom is 0.118 e. The van der Waals surface area contributed by atoms with Crippen molar-refractivity contribution in [2.24, 2.45) is 0 Å². The molecule has 0 aromatic heterocycles. The lowest BCUT2D eigenvalue weighted by Gasteiger charge is -2.08. The van der Waals surface area contributed by atoms with Crippen LogP contribution in [0.4, 0.5) is 0 Å². The Morgan fingerprint density at radius 2 is 1.76 bits per heavy atom. The molecule has 0 fully saturated rings. The Hall–Kier alpha value is -2.02. The second-order valence-electron chi connectivity index (χ2n) is 4.01. The molecule has 1 nitrogen and oxygen atoms in total. The van der Waals surface area contributed by atoms with Crippen molar-refractivity contribution in [2.75, 3.05) is 7.11 Å². The zero-order chi connectivity index (χ0) is 12.3. The van der Waals surface area contributed by atoms with Crippen LogP contribution < -0.4 is 4.74 Å². The van der Waals surface area contributed by atoms with Gasteiger partial charge in [0, 0.05) is 0 Å².